The first-order chi connectivity index (χ1) is 7.92. The van der Waals surface area contributed by atoms with Crippen molar-refractivity contribution in [3.05, 3.63) is 24.3 Å². The summed E-state index contributed by atoms with van der Waals surface area (Å²) in [5.74, 6) is 0.877. The Morgan fingerprint density at radius 2 is 2.19 bits per heavy atom. The van der Waals surface area contributed by atoms with Gasteiger partial charge in [-0.05, 0) is 31.8 Å². The smallest absolute Gasteiger partial charge is 0.0724 e. The molecule has 0 amide bonds. The van der Waals surface area contributed by atoms with Crippen LogP contribution in [0.5, 0.6) is 0 Å². The molecule has 3 saturated heterocycles. The van der Waals surface area contributed by atoms with Gasteiger partial charge in [0.05, 0.1) is 5.69 Å². The summed E-state index contributed by atoms with van der Waals surface area (Å²) in [6, 6.07) is 0.657. The third-order valence-corrected chi connectivity index (χ3v) is 3.82. The number of piperidine rings is 3. The van der Waals surface area contributed by atoms with Crippen molar-refractivity contribution in [3.8, 4) is 0 Å². The van der Waals surface area contributed by atoms with E-state index in [-0.39, 0.29) is 0 Å². The maximum absolute atomic E-state index is 4.29. The van der Waals surface area contributed by atoms with E-state index < -0.39 is 0 Å². The SMILES string of the molecule is c1cnc(CNC2CN3CCC2CC3)cn1. The van der Waals surface area contributed by atoms with Crippen molar-refractivity contribution in [2.75, 3.05) is 19.6 Å². The largest absolute Gasteiger partial charge is 0.307 e. The van der Waals surface area contributed by atoms with Gasteiger partial charge in [-0.15, -0.1) is 0 Å². The van der Waals surface area contributed by atoms with Gasteiger partial charge >= 0.3 is 0 Å². The van der Waals surface area contributed by atoms with Gasteiger partial charge in [-0.25, -0.2) is 0 Å². The van der Waals surface area contributed by atoms with Gasteiger partial charge in [0.2, 0.25) is 0 Å². The molecule has 2 bridgehead atoms. The van der Waals surface area contributed by atoms with E-state index >= 15 is 0 Å². The Hall–Kier alpha value is -1.00. The molecule has 86 valence electrons. The van der Waals surface area contributed by atoms with Crippen LogP contribution in [0.2, 0.25) is 0 Å². The zero-order valence-corrected chi connectivity index (χ0v) is 9.47. The second kappa shape index (κ2) is 4.47. The van der Waals surface area contributed by atoms with Crippen LogP contribution in [0.15, 0.2) is 18.6 Å². The molecule has 3 fully saturated rings. The molecule has 1 atom stereocenters. The van der Waals surface area contributed by atoms with Crippen molar-refractivity contribution in [2.45, 2.75) is 25.4 Å². The van der Waals surface area contributed by atoms with Gasteiger partial charge in [0.1, 0.15) is 0 Å². The highest BCUT2D eigenvalue weighted by Gasteiger charge is 2.33. The maximum atomic E-state index is 4.29. The van der Waals surface area contributed by atoms with Crippen LogP contribution in [-0.4, -0.2) is 40.5 Å². The second-order valence-corrected chi connectivity index (χ2v) is 4.82. The molecule has 0 saturated carbocycles. The van der Waals surface area contributed by atoms with E-state index in [9.17, 15) is 0 Å². The molecule has 3 aliphatic rings. The molecule has 1 aromatic rings. The summed E-state index contributed by atoms with van der Waals surface area (Å²) in [6.45, 7) is 4.66. The zero-order valence-electron chi connectivity index (χ0n) is 9.47. The van der Waals surface area contributed by atoms with E-state index in [2.05, 4.69) is 20.2 Å². The maximum Gasteiger partial charge on any atom is 0.0724 e. The molecule has 1 aromatic heterocycles. The van der Waals surface area contributed by atoms with Crippen LogP contribution < -0.4 is 5.32 Å². The van der Waals surface area contributed by atoms with E-state index in [0.717, 1.165) is 18.2 Å². The highest BCUT2D eigenvalue weighted by Crippen LogP contribution is 2.27. The van der Waals surface area contributed by atoms with Crippen molar-refractivity contribution >= 4 is 0 Å². The average molecular weight is 218 g/mol. The van der Waals surface area contributed by atoms with Crippen molar-refractivity contribution in [2.24, 2.45) is 5.92 Å². The molecule has 1 unspecified atom stereocenters. The standard InChI is InChI=1S/C12H18N4/c1-5-16-6-2-10(1)12(9-16)15-8-11-7-13-3-4-14-11/h3-4,7,10,12,15H,1-2,5-6,8-9H2. The first-order valence-electron chi connectivity index (χ1n) is 6.12. The first-order valence-corrected chi connectivity index (χ1v) is 6.12. The fourth-order valence-electron chi connectivity index (χ4n) is 2.85. The summed E-state index contributed by atoms with van der Waals surface area (Å²) in [4.78, 5) is 10.9. The first kappa shape index (κ1) is 10.2. The highest BCUT2D eigenvalue weighted by atomic mass is 15.2. The molecule has 16 heavy (non-hydrogen) atoms. The Kier molecular flexibility index (Phi) is 2.84. The molecule has 0 aliphatic carbocycles. The fraction of sp³-hybridized carbons (Fsp3) is 0.667. The summed E-state index contributed by atoms with van der Waals surface area (Å²) >= 11 is 0. The molecule has 4 heteroatoms. The number of nitrogens with zero attached hydrogens (tertiary/aromatic N) is 3. The summed E-state index contributed by atoms with van der Waals surface area (Å²) in [5.41, 5.74) is 1.04. The van der Waals surface area contributed by atoms with E-state index in [4.69, 9.17) is 0 Å². The van der Waals surface area contributed by atoms with Gasteiger partial charge in [-0.1, -0.05) is 0 Å². The Labute approximate surface area is 96.1 Å². The highest BCUT2D eigenvalue weighted by molar-refractivity contribution is 4.97. The third kappa shape index (κ3) is 2.08. The van der Waals surface area contributed by atoms with Gasteiger partial charge in [-0.3, -0.25) is 9.97 Å². The second-order valence-electron chi connectivity index (χ2n) is 4.82. The summed E-state index contributed by atoms with van der Waals surface area (Å²) in [5, 5.41) is 3.63. The topological polar surface area (TPSA) is 41.1 Å². The van der Waals surface area contributed by atoms with Gasteiger partial charge < -0.3 is 10.2 Å². The quantitative estimate of drug-likeness (QED) is 0.809. The number of hydrogen-bond donors (Lipinski definition) is 1. The van der Waals surface area contributed by atoms with Crippen LogP contribution in [0.3, 0.4) is 0 Å². The Morgan fingerprint density at radius 1 is 1.31 bits per heavy atom. The number of fused-ring (bicyclic) bond motifs is 3. The normalized spacial score (nSPS) is 32.9. The molecule has 0 spiro atoms. The van der Waals surface area contributed by atoms with Crippen molar-refractivity contribution in [1.29, 1.82) is 0 Å². The lowest BCUT2D eigenvalue weighted by Gasteiger charge is -2.45. The van der Waals surface area contributed by atoms with Crippen LogP contribution in [0.1, 0.15) is 18.5 Å². The third-order valence-electron chi connectivity index (χ3n) is 3.82. The van der Waals surface area contributed by atoms with Gasteiger partial charge in [-0.2, -0.15) is 0 Å². The van der Waals surface area contributed by atoms with Crippen molar-refractivity contribution in [1.82, 2.24) is 20.2 Å². The summed E-state index contributed by atoms with van der Waals surface area (Å²) in [6.07, 6.45) is 8.04. The molecule has 4 nitrogen and oxygen atoms in total. The molecular formula is C12H18N4. The molecule has 4 heterocycles. The predicted molar refractivity (Wildman–Crippen MR) is 61.8 cm³/mol. The minimum Gasteiger partial charge on any atom is -0.307 e. The van der Waals surface area contributed by atoms with Crippen LogP contribution >= 0.6 is 0 Å². The lowest BCUT2D eigenvalue weighted by Crippen LogP contribution is -2.55. The minimum atomic E-state index is 0.657. The van der Waals surface area contributed by atoms with E-state index in [1.807, 2.05) is 6.20 Å². The minimum absolute atomic E-state index is 0.657. The van der Waals surface area contributed by atoms with Crippen molar-refractivity contribution in [3.63, 3.8) is 0 Å². The number of nitrogens with one attached hydrogen (secondary N) is 1. The molecule has 0 aromatic carbocycles. The zero-order chi connectivity index (χ0) is 10.8. The lowest BCUT2D eigenvalue weighted by molar-refractivity contribution is 0.0718. The van der Waals surface area contributed by atoms with Gasteiger partial charge in [0.25, 0.3) is 0 Å². The summed E-state index contributed by atoms with van der Waals surface area (Å²) < 4.78 is 0. The van der Waals surface area contributed by atoms with Gasteiger partial charge in [0.15, 0.2) is 0 Å². The molecular weight excluding hydrogens is 200 g/mol. The predicted octanol–water partition coefficient (Wildman–Crippen LogP) is 0.660. The molecule has 0 radical (unpaired) electrons. The molecule has 1 N–H and O–H groups in total. The van der Waals surface area contributed by atoms with E-state index in [0.29, 0.717) is 6.04 Å². The lowest BCUT2D eigenvalue weighted by atomic mass is 9.84. The number of aromatic nitrogens is 2. The summed E-state index contributed by atoms with van der Waals surface area (Å²) in [7, 11) is 0. The molecule has 3 aliphatic heterocycles. The monoisotopic (exact) mass is 218 g/mol. The van der Waals surface area contributed by atoms with E-state index in [1.54, 1.807) is 12.4 Å². The number of hydrogen-bond acceptors (Lipinski definition) is 4. The van der Waals surface area contributed by atoms with Crippen LogP contribution in [0.4, 0.5) is 0 Å². The van der Waals surface area contributed by atoms with E-state index in [1.165, 1.54) is 32.5 Å². The average Bonchev–Trinajstić information content (AvgIpc) is 2.39. The van der Waals surface area contributed by atoms with Crippen LogP contribution in [0, 0.1) is 5.92 Å². The van der Waals surface area contributed by atoms with Crippen molar-refractivity contribution < 1.29 is 0 Å². The van der Waals surface area contributed by atoms with Crippen LogP contribution in [0.25, 0.3) is 0 Å². The Morgan fingerprint density at radius 3 is 2.81 bits per heavy atom. The molecule has 4 rings (SSSR count). The Balaban J connectivity index is 1.56. The van der Waals surface area contributed by atoms with Gasteiger partial charge in [0, 0.05) is 37.7 Å². The van der Waals surface area contributed by atoms with Crippen LogP contribution in [-0.2, 0) is 6.54 Å². The number of rotatable bonds is 3. The fourth-order valence-corrected chi connectivity index (χ4v) is 2.85. The Bertz CT molecular complexity index is 332.